The number of carbonyl (C=O) groups excluding carboxylic acids is 1. The van der Waals surface area contributed by atoms with Crippen LogP contribution in [0.25, 0.3) is 0 Å². The highest BCUT2D eigenvalue weighted by Crippen LogP contribution is 2.03. The molecule has 1 N–H and O–H groups in total. The van der Waals surface area contributed by atoms with Gasteiger partial charge in [0.1, 0.15) is 0 Å². The Bertz CT molecular complexity index is 205. The molecular weight excluding hydrogens is 214 g/mol. The van der Waals surface area contributed by atoms with Crippen molar-refractivity contribution in [3.63, 3.8) is 0 Å². The smallest absolute Gasteiger partial charge is 0.222 e. The maximum Gasteiger partial charge on any atom is 0.222 e. The van der Waals surface area contributed by atoms with Crippen molar-refractivity contribution in [3.8, 4) is 0 Å². The summed E-state index contributed by atoms with van der Waals surface area (Å²) in [6.45, 7) is 7.86. The Labute approximate surface area is 106 Å². The fraction of sp³-hybridized carbons (Fsp3) is 0.923. The van der Waals surface area contributed by atoms with Crippen molar-refractivity contribution in [2.24, 2.45) is 5.92 Å². The molecule has 0 aliphatic rings. The molecule has 0 rings (SSSR count). The highest BCUT2D eigenvalue weighted by molar-refractivity contribution is 5.76. The lowest BCUT2D eigenvalue weighted by Gasteiger charge is -2.26. The van der Waals surface area contributed by atoms with E-state index in [1.54, 1.807) is 0 Å². The molecule has 102 valence electrons. The van der Waals surface area contributed by atoms with Gasteiger partial charge in [0.2, 0.25) is 5.91 Å². The van der Waals surface area contributed by atoms with Gasteiger partial charge in [0, 0.05) is 26.1 Å². The van der Waals surface area contributed by atoms with Crippen LogP contribution < -0.4 is 5.32 Å². The summed E-state index contributed by atoms with van der Waals surface area (Å²) in [5, 5.41) is 3.07. The number of carbonyl (C=O) groups is 1. The molecule has 0 aromatic heterocycles. The van der Waals surface area contributed by atoms with Gasteiger partial charge in [-0.15, -0.1) is 0 Å². The maximum absolute atomic E-state index is 12.0. The van der Waals surface area contributed by atoms with Gasteiger partial charge in [-0.05, 0) is 40.0 Å². The van der Waals surface area contributed by atoms with Crippen LogP contribution in [-0.4, -0.2) is 63.0 Å². The van der Waals surface area contributed by atoms with E-state index in [1.165, 1.54) is 0 Å². The number of rotatable bonds is 9. The largest absolute Gasteiger partial charge is 0.341 e. The van der Waals surface area contributed by atoms with Gasteiger partial charge in [-0.25, -0.2) is 0 Å². The van der Waals surface area contributed by atoms with Crippen molar-refractivity contribution in [3.05, 3.63) is 0 Å². The van der Waals surface area contributed by atoms with Crippen molar-refractivity contribution < 1.29 is 4.79 Å². The fourth-order valence-electron chi connectivity index (χ4n) is 1.65. The van der Waals surface area contributed by atoms with Gasteiger partial charge >= 0.3 is 0 Å². The molecule has 0 atom stereocenters. The number of hydrogen-bond acceptors (Lipinski definition) is 3. The lowest BCUT2D eigenvalue weighted by Crippen LogP contribution is -2.39. The van der Waals surface area contributed by atoms with E-state index in [0.717, 1.165) is 32.6 Å². The van der Waals surface area contributed by atoms with Crippen LogP contribution in [0.15, 0.2) is 0 Å². The SMILES string of the molecule is CNCCCC(=O)N(CCN(C)C)CC(C)C. The van der Waals surface area contributed by atoms with Crippen LogP contribution in [0.2, 0.25) is 0 Å². The number of amides is 1. The minimum absolute atomic E-state index is 0.288. The Kier molecular flexibility index (Phi) is 9.09. The highest BCUT2D eigenvalue weighted by atomic mass is 16.2. The summed E-state index contributed by atoms with van der Waals surface area (Å²) in [4.78, 5) is 16.2. The molecule has 4 heteroatoms. The van der Waals surface area contributed by atoms with Crippen LogP contribution >= 0.6 is 0 Å². The lowest BCUT2D eigenvalue weighted by atomic mass is 10.2. The van der Waals surface area contributed by atoms with Gasteiger partial charge in [0.15, 0.2) is 0 Å². The summed E-state index contributed by atoms with van der Waals surface area (Å²) in [5.41, 5.74) is 0. The van der Waals surface area contributed by atoms with E-state index >= 15 is 0 Å². The Balaban J connectivity index is 4.10. The fourth-order valence-corrected chi connectivity index (χ4v) is 1.65. The Hall–Kier alpha value is -0.610. The standard InChI is InChI=1S/C13H29N3O/c1-12(2)11-16(10-9-15(4)5)13(17)7-6-8-14-3/h12,14H,6-11H2,1-5H3. The van der Waals surface area contributed by atoms with Crippen molar-refractivity contribution >= 4 is 5.91 Å². The first-order valence-corrected chi connectivity index (χ1v) is 6.54. The molecule has 0 heterocycles. The molecule has 0 fully saturated rings. The molecule has 4 nitrogen and oxygen atoms in total. The van der Waals surface area contributed by atoms with Crippen molar-refractivity contribution in [2.75, 3.05) is 47.3 Å². The number of nitrogens with zero attached hydrogens (tertiary/aromatic N) is 2. The first-order valence-electron chi connectivity index (χ1n) is 6.54. The summed E-state index contributed by atoms with van der Waals surface area (Å²) in [6.07, 6.45) is 1.58. The van der Waals surface area contributed by atoms with Gasteiger partial charge in [0.25, 0.3) is 0 Å². The summed E-state index contributed by atoms with van der Waals surface area (Å²) in [5.74, 6) is 0.821. The molecule has 0 radical (unpaired) electrons. The van der Waals surface area contributed by atoms with Crippen molar-refractivity contribution in [2.45, 2.75) is 26.7 Å². The minimum Gasteiger partial charge on any atom is -0.341 e. The number of nitrogens with one attached hydrogen (secondary N) is 1. The quantitative estimate of drug-likeness (QED) is 0.615. The minimum atomic E-state index is 0.288. The van der Waals surface area contributed by atoms with E-state index in [9.17, 15) is 4.79 Å². The number of hydrogen-bond donors (Lipinski definition) is 1. The zero-order valence-electron chi connectivity index (χ0n) is 12.1. The first-order chi connectivity index (χ1) is 7.97. The zero-order valence-corrected chi connectivity index (χ0v) is 12.1. The Morgan fingerprint density at radius 1 is 1.24 bits per heavy atom. The molecule has 0 aliphatic carbocycles. The van der Waals surface area contributed by atoms with E-state index in [0.29, 0.717) is 12.3 Å². The average Bonchev–Trinajstić information content (AvgIpc) is 2.23. The van der Waals surface area contributed by atoms with Crippen LogP contribution in [-0.2, 0) is 4.79 Å². The van der Waals surface area contributed by atoms with E-state index in [4.69, 9.17) is 0 Å². The van der Waals surface area contributed by atoms with Crippen LogP contribution in [0.3, 0.4) is 0 Å². The van der Waals surface area contributed by atoms with Crippen LogP contribution in [0.4, 0.5) is 0 Å². The summed E-state index contributed by atoms with van der Waals surface area (Å²) in [6, 6.07) is 0. The molecule has 1 amide bonds. The second-order valence-corrected chi connectivity index (χ2v) is 5.24. The molecule has 0 aliphatic heterocycles. The normalized spacial score (nSPS) is 11.2. The van der Waals surface area contributed by atoms with E-state index in [1.807, 2.05) is 26.0 Å². The molecule has 0 spiro atoms. The maximum atomic E-state index is 12.0. The summed E-state index contributed by atoms with van der Waals surface area (Å²) >= 11 is 0. The molecule has 0 saturated heterocycles. The molecule has 0 aromatic rings. The highest BCUT2D eigenvalue weighted by Gasteiger charge is 2.14. The van der Waals surface area contributed by atoms with Gasteiger partial charge in [-0.1, -0.05) is 13.8 Å². The topological polar surface area (TPSA) is 35.6 Å². The zero-order chi connectivity index (χ0) is 13.3. The third kappa shape index (κ3) is 9.12. The molecule has 0 aromatic carbocycles. The van der Waals surface area contributed by atoms with Crippen molar-refractivity contribution in [1.82, 2.24) is 15.1 Å². The van der Waals surface area contributed by atoms with Gasteiger partial charge in [0.05, 0.1) is 0 Å². The molecule has 0 unspecified atom stereocenters. The predicted molar refractivity (Wildman–Crippen MR) is 73.1 cm³/mol. The lowest BCUT2D eigenvalue weighted by molar-refractivity contribution is -0.132. The third-order valence-electron chi connectivity index (χ3n) is 2.57. The summed E-state index contributed by atoms with van der Waals surface area (Å²) < 4.78 is 0. The predicted octanol–water partition coefficient (Wildman–Crippen LogP) is 1.03. The Morgan fingerprint density at radius 2 is 1.88 bits per heavy atom. The molecular formula is C13H29N3O. The van der Waals surface area contributed by atoms with E-state index in [2.05, 4.69) is 24.1 Å². The van der Waals surface area contributed by atoms with Crippen molar-refractivity contribution in [1.29, 1.82) is 0 Å². The molecule has 0 bridgehead atoms. The molecule has 0 saturated carbocycles. The average molecular weight is 243 g/mol. The van der Waals surface area contributed by atoms with Gasteiger partial charge in [-0.3, -0.25) is 4.79 Å². The molecule has 17 heavy (non-hydrogen) atoms. The van der Waals surface area contributed by atoms with Gasteiger partial charge in [-0.2, -0.15) is 0 Å². The van der Waals surface area contributed by atoms with Crippen LogP contribution in [0.1, 0.15) is 26.7 Å². The third-order valence-corrected chi connectivity index (χ3v) is 2.57. The van der Waals surface area contributed by atoms with Crippen LogP contribution in [0, 0.1) is 5.92 Å². The van der Waals surface area contributed by atoms with Gasteiger partial charge < -0.3 is 15.1 Å². The second kappa shape index (κ2) is 9.42. The van der Waals surface area contributed by atoms with Crippen LogP contribution in [0.5, 0.6) is 0 Å². The first kappa shape index (κ1) is 16.4. The summed E-state index contributed by atoms with van der Waals surface area (Å²) in [7, 11) is 6.00. The van der Waals surface area contributed by atoms with E-state index < -0.39 is 0 Å². The Morgan fingerprint density at radius 3 is 2.35 bits per heavy atom. The second-order valence-electron chi connectivity index (χ2n) is 5.24. The number of likely N-dealkylation sites (N-methyl/N-ethyl adjacent to an activating group) is 1. The van der Waals surface area contributed by atoms with E-state index in [-0.39, 0.29) is 5.91 Å². The monoisotopic (exact) mass is 243 g/mol.